The van der Waals surface area contributed by atoms with Crippen molar-refractivity contribution in [3.05, 3.63) is 48.2 Å². The number of halogens is 1. The van der Waals surface area contributed by atoms with Crippen molar-refractivity contribution >= 4 is 28.1 Å². The average Bonchev–Trinajstić information content (AvgIpc) is 3.24. The molecule has 2 aromatic rings. The zero-order valence-electron chi connectivity index (χ0n) is 13.6. The highest BCUT2D eigenvalue weighted by Crippen LogP contribution is 2.38. The van der Waals surface area contributed by atoms with E-state index in [9.17, 15) is 8.42 Å². The molecular weight excluding hydrogens is 346 g/mol. The molecule has 1 aromatic heterocycles. The molecule has 24 heavy (non-hydrogen) atoms. The van der Waals surface area contributed by atoms with Crippen LogP contribution in [0.3, 0.4) is 0 Å². The van der Waals surface area contributed by atoms with Crippen LogP contribution in [0.4, 0.5) is 5.69 Å². The molecule has 1 aliphatic carbocycles. The molecule has 0 aliphatic heterocycles. The van der Waals surface area contributed by atoms with E-state index >= 15 is 0 Å². The first-order chi connectivity index (χ1) is 10.9. The molecule has 1 heterocycles. The van der Waals surface area contributed by atoms with Crippen molar-refractivity contribution in [2.45, 2.75) is 37.5 Å². The SMILES string of the molecule is CC(C)S(=O)(=O)Nc1cccc(-c2ccc([C@@H]3C[C@H]3N)cn2)c1.Cl. The van der Waals surface area contributed by atoms with E-state index in [2.05, 4.69) is 9.71 Å². The van der Waals surface area contributed by atoms with Gasteiger partial charge in [-0.15, -0.1) is 12.4 Å². The molecule has 2 atom stereocenters. The zero-order chi connectivity index (χ0) is 16.6. The smallest absolute Gasteiger partial charge is 0.235 e. The topological polar surface area (TPSA) is 85.1 Å². The second kappa shape index (κ2) is 7.09. The Kier molecular flexibility index (Phi) is 5.52. The van der Waals surface area contributed by atoms with Crippen molar-refractivity contribution in [3.8, 4) is 11.3 Å². The minimum absolute atomic E-state index is 0. The highest BCUT2D eigenvalue weighted by atomic mass is 35.5. The Morgan fingerprint density at radius 1 is 1.25 bits per heavy atom. The quantitative estimate of drug-likeness (QED) is 0.850. The van der Waals surface area contributed by atoms with E-state index < -0.39 is 15.3 Å². The van der Waals surface area contributed by atoms with Gasteiger partial charge in [0.25, 0.3) is 0 Å². The van der Waals surface area contributed by atoms with Gasteiger partial charge in [0, 0.05) is 29.4 Å². The Bertz CT molecular complexity index is 807. The van der Waals surface area contributed by atoms with E-state index in [4.69, 9.17) is 5.73 Å². The fourth-order valence-electron chi connectivity index (χ4n) is 2.42. The van der Waals surface area contributed by atoms with Crippen molar-refractivity contribution < 1.29 is 8.42 Å². The summed E-state index contributed by atoms with van der Waals surface area (Å²) in [5.41, 5.74) is 9.26. The highest BCUT2D eigenvalue weighted by Gasteiger charge is 2.34. The monoisotopic (exact) mass is 367 g/mol. The number of hydrogen-bond donors (Lipinski definition) is 2. The van der Waals surface area contributed by atoms with Gasteiger partial charge in [0.05, 0.1) is 10.9 Å². The molecule has 0 amide bonds. The van der Waals surface area contributed by atoms with Gasteiger partial charge in [-0.2, -0.15) is 0 Å². The van der Waals surface area contributed by atoms with Crippen LogP contribution < -0.4 is 10.5 Å². The summed E-state index contributed by atoms with van der Waals surface area (Å²) in [4.78, 5) is 4.48. The lowest BCUT2D eigenvalue weighted by Gasteiger charge is -2.11. The Hall–Kier alpha value is -1.63. The summed E-state index contributed by atoms with van der Waals surface area (Å²) in [6.07, 6.45) is 2.88. The van der Waals surface area contributed by atoms with Crippen molar-refractivity contribution in [1.29, 1.82) is 0 Å². The van der Waals surface area contributed by atoms with E-state index in [0.29, 0.717) is 11.6 Å². The molecule has 130 valence electrons. The standard InChI is InChI=1S/C17H21N3O2S.ClH/c1-11(2)23(21,22)20-14-5-3-4-12(8-14)17-7-6-13(10-19-17)15-9-16(15)18;/h3-8,10-11,15-16,20H,9,18H2,1-2H3;1H/t15-,16+;/m0./s1. The van der Waals surface area contributed by atoms with Gasteiger partial charge >= 0.3 is 0 Å². The highest BCUT2D eigenvalue weighted by molar-refractivity contribution is 7.93. The van der Waals surface area contributed by atoms with Crippen LogP contribution in [-0.4, -0.2) is 24.7 Å². The van der Waals surface area contributed by atoms with E-state index in [-0.39, 0.29) is 18.4 Å². The number of nitrogens with two attached hydrogens (primary N) is 1. The summed E-state index contributed by atoms with van der Waals surface area (Å²) >= 11 is 0. The molecule has 0 radical (unpaired) electrons. The van der Waals surface area contributed by atoms with Gasteiger partial charge < -0.3 is 5.73 Å². The third kappa shape index (κ3) is 4.06. The molecule has 0 bridgehead atoms. The van der Waals surface area contributed by atoms with Crippen LogP contribution >= 0.6 is 12.4 Å². The summed E-state index contributed by atoms with van der Waals surface area (Å²) < 4.78 is 26.5. The summed E-state index contributed by atoms with van der Waals surface area (Å²) in [7, 11) is -3.35. The van der Waals surface area contributed by atoms with Gasteiger partial charge in [-0.1, -0.05) is 18.2 Å². The predicted octanol–water partition coefficient (Wildman–Crippen LogP) is 3.14. The van der Waals surface area contributed by atoms with Gasteiger partial charge in [0.2, 0.25) is 10.0 Å². The van der Waals surface area contributed by atoms with E-state index in [1.165, 1.54) is 0 Å². The maximum atomic E-state index is 12.0. The minimum atomic E-state index is -3.35. The molecule has 7 heteroatoms. The van der Waals surface area contributed by atoms with Gasteiger partial charge in [-0.25, -0.2) is 8.42 Å². The molecule has 0 spiro atoms. The Balaban J connectivity index is 0.00000208. The Morgan fingerprint density at radius 2 is 1.96 bits per heavy atom. The number of anilines is 1. The molecule has 0 saturated heterocycles. The first-order valence-corrected chi connectivity index (χ1v) is 9.25. The fraction of sp³-hybridized carbons (Fsp3) is 0.353. The first-order valence-electron chi connectivity index (χ1n) is 7.70. The number of nitrogens with zero attached hydrogens (tertiary/aromatic N) is 1. The molecule has 3 N–H and O–H groups in total. The Labute approximate surface area is 149 Å². The molecule has 3 rings (SSSR count). The van der Waals surface area contributed by atoms with Crippen LogP contribution in [0.5, 0.6) is 0 Å². The maximum absolute atomic E-state index is 12.0. The third-order valence-electron chi connectivity index (χ3n) is 4.09. The molecular formula is C17H22ClN3O2S. The van der Waals surface area contributed by atoms with E-state index in [1.807, 2.05) is 30.5 Å². The number of hydrogen-bond acceptors (Lipinski definition) is 4. The van der Waals surface area contributed by atoms with Crippen molar-refractivity contribution in [2.24, 2.45) is 5.73 Å². The van der Waals surface area contributed by atoms with Crippen LogP contribution in [0.2, 0.25) is 0 Å². The van der Waals surface area contributed by atoms with E-state index in [0.717, 1.165) is 23.2 Å². The third-order valence-corrected chi connectivity index (χ3v) is 5.85. The van der Waals surface area contributed by atoms with Gasteiger partial charge in [-0.05, 0) is 44.0 Å². The molecule has 1 fully saturated rings. The molecule has 0 unspecified atom stereocenters. The second-order valence-electron chi connectivity index (χ2n) is 6.26. The molecule has 1 saturated carbocycles. The summed E-state index contributed by atoms with van der Waals surface area (Å²) in [5.74, 6) is 0.431. The molecule has 1 aliphatic rings. The second-order valence-corrected chi connectivity index (χ2v) is 8.50. The number of aromatic nitrogens is 1. The van der Waals surface area contributed by atoms with Crippen LogP contribution in [0.1, 0.15) is 31.7 Å². The average molecular weight is 368 g/mol. The van der Waals surface area contributed by atoms with E-state index in [1.54, 1.807) is 26.0 Å². The summed E-state index contributed by atoms with van der Waals surface area (Å²) in [6, 6.07) is 11.5. The van der Waals surface area contributed by atoms with Gasteiger partial charge in [0.1, 0.15) is 0 Å². The maximum Gasteiger partial charge on any atom is 0.235 e. The predicted molar refractivity (Wildman–Crippen MR) is 99.9 cm³/mol. The first kappa shape index (κ1) is 18.7. The number of nitrogens with one attached hydrogen (secondary N) is 1. The summed E-state index contributed by atoms with van der Waals surface area (Å²) in [6.45, 7) is 3.30. The zero-order valence-corrected chi connectivity index (χ0v) is 15.3. The molecule has 1 aromatic carbocycles. The van der Waals surface area contributed by atoms with Crippen LogP contribution in [0.15, 0.2) is 42.6 Å². The number of sulfonamides is 1. The lowest BCUT2D eigenvalue weighted by Crippen LogP contribution is -2.22. The number of pyridine rings is 1. The fourth-order valence-corrected chi connectivity index (χ4v) is 3.11. The van der Waals surface area contributed by atoms with Crippen molar-refractivity contribution in [1.82, 2.24) is 4.98 Å². The van der Waals surface area contributed by atoms with Gasteiger partial charge in [0.15, 0.2) is 0 Å². The Morgan fingerprint density at radius 3 is 2.50 bits per heavy atom. The van der Waals surface area contributed by atoms with Crippen molar-refractivity contribution in [3.63, 3.8) is 0 Å². The number of rotatable bonds is 5. The molecule has 5 nitrogen and oxygen atoms in total. The number of benzene rings is 1. The van der Waals surface area contributed by atoms with Crippen LogP contribution in [0.25, 0.3) is 11.3 Å². The largest absolute Gasteiger partial charge is 0.327 e. The van der Waals surface area contributed by atoms with Crippen LogP contribution in [-0.2, 0) is 10.0 Å². The lowest BCUT2D eigenvalue weighted by atomic mass is 10.1. The van der Waals surface area contributed by atoms with Crippen LogP contribution in [0, 0.1) is 0 Å². The summed E-state index contributed by atoms with van der Waals surface area (Å²) in [5, 5.41) is -0.480. The van der Waals surface area contributed by atoms with Crippen molar-refractivity contribution in [2.75, 3.05) is 4.72 Å². The minimum Gasteiger partial charge on any atom is -0.327 e. The van der Waals surface area contributed by atoms with Gasteiger partial charge in [-0.3, -0.25) is 9.71 Å². The normalized spacial score (nSPS) is 19.7. The lowest BCUT2D eigenvalue weighted by molar-refractivity contribution is 0.593.